The summed E-state index contributed by atoms with van der Waals surface area (Å²) in [6.07, 6.45) is 1.90. The quantitative estimate of drug-likeness (QED) is 0.691. The van der Waals surface area contributed by atoms with E-state index in [-0.39, 0.29) is 5.82 Å². The van der Waals surface area contributed by atoms with Gasteiger partial charge in [0.25, 0.3) is 0 Å². The van der Waals surface area contributed by atoms with Crippen molar-refractivity contribution in [3.63, 3.8) is 0 Å². The van der Waals surface area contributed by atoms with E-state index in [1.165, 1.54) is 7.11 Å². The summed E-state index contributed by atoms with van der Waals surface area (Å²) in [7, 11) is 1.34. The number of rotatable bonds is 2. The number of para-hydroxylation sites is 1. The maximum absolute atomic E-state index is 11.5. The molecule has 3 aromatic rings. The number of imidazole rings is 1. The molecule has 3 rings (SSSR count). The predicted octanol–water partition coefficient (Wildman–Crippen LogP) is 2.65. The number of aromatic nitrogens is 3. The number of H-pyrrole nitrogens is 2. The van der Waals surface area contributed by atoms with Crippen LogP contribution in [0.2, 0.25) is 0 Å². The number of hydrogen-bond acceptors (Lipinski definition) is 3. The SMILES string of the molecule is COC(=O)c1nc(-c2c[nH]c3ccccc23)c(C)[nH]1. The highest BCUT2D eigenvalue weighted by Crippen LogP contribution is 2.29. The van der Waals surface area contributed by atoms with Crippen molar-refractivity contribution < 1.29 is 9.53 Å². The lowest BCUT2D eigenvalue weighted by atomic mass is 10.1. The lowest BCUT2D eigenvalue weighted by molar-refractivity contribution is 0.0588. The lowest BCUT2D eigenvalue weighted by Gasteiger charge is -1.95. The van der Waals surface area contributed by atoms with Gasteiger partial charge in [0.05, 0.1) is 12.8 Å². The second-order valence-electron chi connectivity index (χ2n) is 4.30. The highest BCUT2D eigenvalue weighted by Gasteiger charge is 2.17. The van der Waals surface area contributed by atoms with Gasteiger partial charge in [0.15, 0.2) is 0 Å². The number of esters is 1. The van der Waals surface area contributed by atoms with Crippen molar-refractivity contribution in [1.82, 2.24) is 15.0 Å². The van der Waals surface area contributed by atoms with Gasteiger partial charge in [-0.2, -0.15) is 0 Å². The molecule has 2 aromatic heterocycles. The Labute approximate surface area is 109 Å². The Bertz CT molecular complexity index is 755. The number of carbonyl (C=O) groups is 1. The van der Waals surface area contributed by atoms with Crippen molar-refractivity contribution in [2.24, 2.45) is 0 Å². The van der Waals surface area contributed by atoms with Crippen LogP contribution in [-0.2, 0) is 4.74 Å². The zero-order chi connectivity index (χ0) is 13.4. The Kier molecular flexibility index (Phi) is 2.59. The van der Waals surface area contributed by atoms with Crippen LogP contribution in [0.3, 0.4) is 0 Å². The third-order valence-electron chi connectivity index (χ3n) is 3.11. The Morgan fingerprint density at radius 3 is 2.89 bits per heavy atom. The summed E-state index contributed by atoms with van der Waals surface area (Å²) in [5.74, 6) is -0.241. The Morgan fingerprint density at radius 1 is 1.32 bits per heavy atom. The molecule has 96 valence electrons. The molecule has 0 atom stereocenters. The van der Waals surface area contributed by atoms with Gasteiger partial charge in [0, 0.05) is 28.4 Å². The second kappa shape index (κ2) is 4.28. The minimum absolute atomic E-state index is 0.222. The molecule has 0 spiro atoms. The molecule has 5 heteroatoms. The number of carbonyl (C=O) groups excluding carboxylic acids is 1. The number of ether oxygens (including phenoxy) is 1. The fourth-order valence-electron chi connectivity index (χ4n) is 2.18. The van der Waals surface area contributed by atoms with Crippen molar-refractivity contribution in [1.29, 1.82) is 0 Å². The molecule has 2 N–H and O–H groups in total. The highest BCUT2D eigenvalue weighted by molar-refractivity contribution is 5.96. The van der Waals surface area contributed by atoms with Crippen molar-refractivity contribution in [2.75, 3.05) is 7.11 Å². The van der Waals surface area contributed by atoms with E-state index in [2.05, 4.69) is 19.7 Å². The fraction of sp³-hybridized carbons (Fsp3) is 0.143. The van der Waals surface area contributed by atoms with Gasteiger partial charge in [0.1, 0.15) is 0 Å². The Morgan fingerprint density at radius 2 is 2.11 bits per heavy atom. The third kappa shape index (κ3) is 1.79. The van der Waals surface area contributed by atoms with Crippen LogP contribution >= 0.6 is 0 Å². The van der Waals surface area contributed by atoms with Gasteiger partial charge in [-0.05, 0) is 13.0 Å². The number of aromatic amines is 2. The summed E-state index contributed by atoms with van der Waals surface area (Å²) in [6.45, 7) is 1.89. The van der Waals surface area contributed by atoms with Crippen molar-refractivity contribution in [3.05, 3.63) is 42.0 Å². The number of aryl methyl sites for hydroxylation is 1. The van der Waals surface area contributed by atoms with Gasteiger partial charge >= 0.3 is 5.97 Å². The molecule has 0 saturated heterocycles. The Balaban J connectivity index is 2.16. The van der Waals surface area contributed by atoms with Crippen LogP contribution in [0.25, 0.3) is 22.2 Å². The monoisotopic (exact) mass is 255 g/mol. The van der Waals surface area contributed by atoms with Gasteiger partial charge in [-0.3, -0.25) is 0 Å². The molecule has 0 aliphatic rings. The molecule has 1 aromatic carbocycles. The van der Waals surface area contributed by atoms with Crippen molar-refractivity contribution >= 4 is 16.9 Å². The summed E-state index contributed by atoms with van der Waals surface area (Å²) in [4.78, 5) is 22.0. The van der Waals surface area contributed by atoms with Crippen LogP contribution in [0, 0.1) is 6.92 Å². The number of fused-ring (bicyclic) bond motifs is 1. The van der Waals surface area contributed by atoms with E-state index < -0.39 is 5.97 Å². The topological polar surface area (TPSA) is 70.8 Å². The normalized spacial score (nSPS) is 10.8. The van der Waals surface area contributed by atoms with Gasteiger partial charge < -0.3 is 14.7 Å². The van der Waals surface area contributed by atoms with Gasteiger partial charge in [-0.15, -0.1) is 0 Å². The van der Waals surface area contributed by atoms with E-state index in [0.29, 0.717) is 0 Å². The molecule has 0 radical (unpaired) electrons. The summed E-state index contributed by atoms with van der Waals surface area (Å²) in [5.41, 5.74) is 3.61. The molecule has 0 aliphatic heterocycles. The first-order valence-corrected chi connectivity index (χ1v) is 5.92. The number of methoxy groups -OCH3 is 1. The largest absolute Gasteiger partial charge is 0.463 e. The average molecular weight is 255 g/mol. The van der Waals surface area contributed by atoms with E-state index >= 15 is 0 Å². The van der Waals surface area contributed by atoms with Gasteiger partial charge in [-0.25, -0.2) is 9.78 Å². The maximum atomic E-state index is 11.5. The zero-order valence-electron chi connectivity index (χ0n) is 10.7. The first-order valence-electron chi connectivity index (χ1n) is 5.92. The summed E-state index contributed by atoms with van der Waals surface area (Å²) in [6, 6.07) is 7.97. The maximum Gasteiger partial charge on any atom is 0.374 e. The summed E-state index contributed by atoms with van der Waals surface area (Å²) in [5, 5.41) is 1.08. The molecule has 19 heavy (non-hydrogen) atoms. The first kappa shape index (κ1) is 11.5. The van der Waals surface area contributed by atoms with Crippen LogP contribution in [-0.4, -0.2) is 28.0 Å². The molecule has 5 nitrogen and oxygen atoms in total. The number of nitrogens with zero attached hydrogens (tertiary/aromatic N) is 1. The number of nitrogens with one attached hydrogen (secondary N) is 2. The van der Waals surface area contributed by atoms with Gasteiger partial charge in [0.2, 0.25) is 5.82 Å². The zero-order valence-corrected chi connectivity index (χ0v) is 10.7. The molecule has 2 heterocycles. The standard InChI is InChI=1S/C14H13N3O2/c1-8-12(17-13(16-8)14(18)19-2)10-7-15-11-6-4-3-5-9(10)11/h3-7,15H,1-2H3,(H,16,17). The average Bonchev–Trinajstić information content (AvgIpc) is 3.01. The van der Waals surface area contributed by atoms with E-state index in [1.807, 2.05) is 37.4 Å². The fourth-order valence-corrected chi connectivity index (χ4v) is 2.18. The second-order valence-corrected chi connectivity index (χ2v) is 4.30. The predicted molar refractivity (Wildman–Crippen MR) is 72.0 cm³/mol. The van der Waals surface area contributed by atoms with E-state index in [9.17, 15) is 4.79 Å². The molecule has 0 bridgehead atoms. The van der Waals surface area contributed by atoms with Gasteiger partial charge in [-0.1, -0.05) is 18.2 Å². The Hall–Kier alpha value is -2.56. The number of benzene rings is 1. The van der Waals surface area contributed by atoms with Crippen LogP contribution in [0.15, 0.2) is 30.5 Å². The van der Waals surface area contributed by atoms with Crippen molar-refractivity contribution in [2.45, 2.75) is 6.92 Å². The molecule has 0 saturated carbocycles. The van der Waals surface area contributed by atoms with Crippen LogP contribution in [0.5, 0.6) is 0 Å². The van der Waals surface area contributed by atoms with Crippen LogP contribution in [0.1, 0.15) is 16.3 Å². The smallest absolute Gasteiger partial charge is 0.374 e. The first-order chi connectivity index (χ1) is 9.20. The molecule has 0 amide bonds. The highest BCUT2D eigenvalue weighted by atomic mass is 16.5. The molecular formula is C14H13N3O2. The third-order valence-corrected chi connectivity index (χ3v) is 3.11. The van der Waals surface area contributed by atoms with E-state index in [4.69, 9.17) is 0 Å². The van der Waals surface area contributed by atoms with Crippen LogP contribution in [0.4, 0.5) is 0 Å². The van der Waals surface area contributed by atoms with E-state index in [1.54, 1.807) is 0 Å². The minimum Gasteiger partial charge on any atom is -0.463 e. The van der Waals surface area contributed by atoms with E-state index in [0.717, 1.165) is 27.9 Å². The molecular weight excluding hydrogens is 242 g/mol. The number of hydrogen-bond donors (Lipinski definition) is 2. The lowest BCUT2D eigenvalue weighted by Crippen LogP contribution is -2.03. The summed E-state index contributed by atoms with van der Waals surface area (Å²) < 4.78 is 4.67. The summed E-state index contributed by atoms with van der Waals surface area (Å²) >= 11 is 0. The minimum atomic E-state index is -0.464. The van der Waals surface area contributed by atoms with Crippen LogP contribution < -0.4 is 0 Å². The molecule has 0 fully saturated rings. The molecule has 0 unspecified atom stereocenters. The van der Waals surface area contributed by atoms with Crippen molar-refractivity contribution in [3.8, 4) is 11.3 Å². The molecule has 0 aliphatic carbocycles.